The van der Waals surface area contributed by atoms with Crippen LogP contribution in [-0.2, 0) is 18.9 Å². The molecular weight excluding hydrogens is 222 g/mol. The Hall–Kier alpha value is -0.200. The highest BCUT2D eigenvalue weighted by atomic mass is 16.5. The molecule has 17 heavy (non-hydrogen) atoms. The molecule has 1 saturated heterocycles. The van der Waals surface area contributed by atoms with Gasteiger partial charge in [-0.05, 0) is 19.8 Å². The number of ether oxygens (including phenoxy) is 4. The highest BCUT2D eigenvalue weighted by molar-refractivity contribution is 4.94. The summed E-state index contributed by atoms with van der Waals surface area (Å²) >= 11 is 0. The lowest BCUT2D eigenvalue weighted by Gasteiger charge is -2.27. The van der Waals surface area contributed by atoms with Crippen LogP contribution < -0.4 is 5.73 Å². The summed E-state index contributed by atoms with van der Waals surface area (Å²) in [6.45, 7) is 5.91. The largest absolute Gasteiger partial charge is 0.382 e. The van der Waals surface area contributed by atoms with Gasteiger partial charge in [0.25, 0.3) is 0 Å². The highest BCUT2D eigenvalue weighted by Crippen LogP contribution is 2.26. The third-order valence-electron chi connectivity index (χ3n) is 3.26. The van der Waals surface area contributed by atoms with E-state index in [9.17, 15) is 0 Å². The number of rotatable bonds is 9. The number of methoxy groups -OCH3 is 1. The summed E-state index contributed by atoms with van der Waals surface area (Å²) < 4.78 is 21.1. The first-order chi connectivity index (χ1) is 8.19. The van der Waals surface area contributed by atoms with Gasteiger partial charge in [0.1, 0.15) is 0 Å². The van der Waals surface area contributed by atoms with Gasteiger partial charge >= 0.3 is 0 Å². The van der Waals surface area contributed by atoms with Crippen molar-refractivity contribution in [2.45, 2.75) is 31.4 Å². The van der Waals surface area contributed by atoms with Gasteiger partial charge in [-0.2, -0.15) is 0 Å². The number of nitrogens with two attached hydrogens (primary N) is 1. The van der Waals surface area contributed by atoms with Crippen LogP contribution in [0.5, 0.6) is 0 Å². The summed E-state index contributed by atoms with van der Waals surface area (Å²) in [4.78, 5) is 0. The number of hydrogen-bond acceptors (Lipinski definition) is 5. The third kappa shape index (κ3) is 5.31. The molecule has 1 heterocycles. The van der Waals surface area contributed by atoms with E-state index in [1.54, 1.807) is 7.11 Å². The van der Waals surface area contributed by atoms with E-state index in [0.717, 1.165) is 19.4 Å². The molecule has 0 saturated carbocycles. The Bertz CT molecular complexity index is 203. The normalized spacial score (nSPS) is 28.8. The van der Waals surface area contributed by atoms with Crippen LogP contribution >= 0.6 is 0 Å². The SMILES string of the molecule is COCCOCCOCCC1(N)CCOC1C. The van der Waals surface area contributed by atoms with Crippen LogP contribution in [0.2, 0.25) is 0 Å². The van der Waals surface area contributed by atoms with Crippen molar-refractivity contribution in [2.75, 3.05) is 46.8 Å². The number of hydrogen-bond donors (Lipinski definition) is 1. The van der Waals surface area contributed by atoms with Gasteiger partial charge in [-0.15, -0.1) is 0 Å². The lowest BCUT2D eigenvalue weighted by atomic mass is 9.90. The van der Waals surface area contributed by atoms with Crippen molar-refractivity contribution in [3.8, 4) is 0 Å². The molecule has 0 amide bonds. The predicted octanol–water partition coefficient (Wildman–Crippen LogP) is 0.562. The van der Waals surface area contributed by atoms with Crippen LogP contribution in [0, 0.1) is 0 Å². The Kier molecular flexibility index (Phi) is 6.99. The first kappa shape index (κ1) is 14.9. The van der Waals surface area contributed by atoms with Crippen LogP contribution in [-0.4, -0.2) is 58.4 Å². The van der Waals surface area contributed by atoms with E-state index < -0.39 is 0 Å². The lowest BCUT2D eigenvalue weighted by molar-refractivity contribution is 0.0166. The Labute approximate surface area is 104 Å². The van der Waals surface area contributed by atoms with E-state index in [-0.39, 0.29) is 11.6 Å². The maximum atomic E-state index is 6.23. The van der Waals surface area contributed by atoms with Gasteiger partial charge in [-0.25, -0.2) is 0 Å². The van der Waals surface area contributed by atoms with E-state index in [1.807, 2.05) is 6.92 Å². The molecule has 1 aliphatic rings. The highest BCUT2D eigenvalue weighted by Gasteiger charge is 2.37. The molecule has 0 aromatic heterocycles. The van der Waals surface area contributed by atoms with Crippen molar-refractivity contribution in [2.24, 2.45) is 5.73 Å². The summed E-state index contributed by atoms with van der Waals surface area (Å²) in [5.74, 6) is 0. The van der Waals surface area contributed by atoms with E-state index in [2.05, 4.69) is 0 Å². The summed E-state index contributed by atoms with van der Waals surface area (Å²) in [5.41, 5.74) is 6.02. The fraction of sp³-hybridized carbons (Fsp3) is 1.00. The second-order valence-corrected chi connectivity index (χ2v) is 4.46. The summed E-state index contributed by atoms with van der Waals surface area (Å²) in [7, 11) is 1.66. The van der Waals surface area contributed by atoms with Crippen molar-refractivity contribution in [1.29, 1.82) is 0 Å². The van der Waals surface area contributed by atoms with Gasteiger partial charge in [0.15, 0.2) is 0 Å². The zero-order valence-electron chi connectivity index (χ0n) is 10.9. The first-order valence-corrected chi connectivity index (χ1v) is 6.24. The summed E-state index contributed by atoms with van der Waals surface area (Å²) in [6.07, 6.45) is 1.89. The summed E-state index contributed by atoms with van der Waals surface area (Å²) in [5, 5.41) is 0. The van der Waals surface area contributed by atoms with Gasteiger partial charge < -0.3 is 24.7 Å². The van der Waals surface area contributed by atoms with Crippen molar-refractivity contribution in [1.82, 2.24) is 0 Å². The smallest absolute Gasteiger partial charge is 0.0728 e. The van der Waals surface area contributed by atoms with Gasteiger partial charge in [0.05, 0.1) is 32.5 Å². The van der Waals surface area contributed by atoms with E-state index in [4.69, 9.17) is 24.7 Å². The molecule has 1 rings (SSSR count). The molecule has 1 fully saturated rings. The minimum absolute atomic E-state index is 0.129. The van der Waals surface area contributed by atoms with Crippen LogP contribution in [0.1, 0.15) is 19.8 Å². The van der Waals surface area contributed by atoms with E-state index in [0.29, 0.717) is 33.0 Å². The molecule has 0 aliphatic carbocycles. The van der Waals surface area contributed by atoms with Crippen molar-refractivity contribution in [3.05, 3.63) is 0 Å². The quantitative estimate of drug-likeness (QED) is 0.603. The Morgan fingerprint density at radius 3 is 2.41 bits per heavy atom. The van der Waals surface area contributed by atoms with Crippen molar-refractivity contribution in [3.63, 3.8) is 0 Å². The molecule has 0 aromatic rings. The molecule has 1 aliphatic heterocycles. The lowest BCUT2D eigenvalue weighted by Crippen LogP contribution is -2.46. The Morgan fingerprint density at radius 1 is 1.18 bits per heavy atom. The van der Waals surface area contributed by atoms with Crippen LogP contribution in [0.25, 0.3) is 0 Å². The fourth-order valence-electron chi connectivity index (χ4n) is 1.85. The van der Waals surface area contributed by atoms with Gasteiger partial charge in [0, 0.05) is 25.9 Å². The molecule has 0 bridgehead atoms. The average Bonchev–Trinajstić information content (AvgIpc) is 2.63. The molecule has 2 N–H and O–H groups in total. The molecule has 102 valence electrons. The summed E-state index contributed by atoms with van der Waals surface area (Å²) in [6, 6.07) is 0. The standard InChI is InChI=1S/C12H25NO4/c1-11-12(13,4-6-17-11)3-5-15-9-10-16-8-7-14-2/h11H,3-10,13H2,1-2H3. The van der Waals surface area contributed by atoms with Crippen LogP contribution in [0.15, 0.2) is 0 Å². The maximum absolute atomic E-state index is 6.23. The van der Waals surface area contributed by atoms with Crippen LogP contribution in [0.4, 0.5) is 0 Å². The van der Waals surface area contributed by atoms with Gasteiger partial charge in [-0.1, -0.05) is 0 Å². The Morgan fingerprint density at radius 2 is 1.82 bits per heavy atom. The van der Waals surface area contributed by atoms with Gasteiger partial charge in [-0.3, -0.25) is 0 Å². The average molecular weight is 247 g/mol. The monoisotopic (exact) mass is 247 g/mol. The first-order valence-electron chi connectivity index (χ1n) is 6.24. The van der Waals surface area contributed by atoms with Gasteiger partial charge in [0.2, 0.25) is 0 Å². The third-order valence-corrected chi connectivity index (χ3v) is 3.26. The zero-order chi connectivity index (χ0) is 12.6. The molecule has 5 heteroatoms. The Balaban J connectivity index is 1.93. The molecule has 0 aromatic carbocycles. The van der Waals surface area contributed by atoms with Crippen molar-refractivity contribution < 1.29 is 18.9 Å². The van der Waals surface area contributed by atoms with Crippen molar-refractivity contribution >= 4 is 0 Å². The van der Waals surface area contributed by atoms with E-state index >= 15 is 0 Å². The minimum atomic E-state index is -0.211. The molecule has 2 atom stereocenters. The van der Waals surface area contributed by atoms with E-state index in [1.165, 1.54) is 0 Å². The maximum Gasteiger partial charge on any atom is 0.0728 e. The molecule has 2 unspecified atom stereocenters. The van der Waals surface area contributed by atoms with Crippen LogP contribution in [0.3, 0.4) is 0 Å². The predicted molar refractivity (Wildman–Crippen MR) is 65.1 cm³/mol. The molecule has 0 radical (unpaired) electrons. The second-order valence-electron chi connectivity index (χ2n) is 4.46. The fourth-order valence-corrected chi connectivity index (χ4v) is 1.85. The zero-order valence-corrected chi connectivity index (χ0v) is 10.9. The molecule has 5 nitrogen and oxygen atoms in total. The topological polar surface area (TPSA) is 62.9 Å². The minimum Gasteiger partial charge on any atom is -0.382 e. The molecule has 0 spiro atoms. The molecular formula is C12H25NO4. The second kappa shape index (κ2) is 8.00.